The van der Waals surface area contributed by atoms with E-state index in [2.05, 4.69) is 61.2 Å². The van der Waals surface area contributed by atoms with Gasteiger partial charge in [0.2, 0.25) is 5.91 Å². The van der Waals surface area contributed by atoms with Crippen LogP contribution in [0.3, 0.4) is 0 Å². The second-order valence-electron chi connectivity index (χ2n) is 11.1. The van der Waals surface area contributed by atoms with E-state index in [0.29, 0.717) is 17.8 Å². The molecule has 1 aliphatic heterocycles. The van der Waals surface area contributed by atoms with E-state index in [4.69, 9.17) is 4.74 Å². The smallest absolute Gasteiger partial charge is 0.311 e. The maximum atomic E-state index is 13.5. The van der Waals surface area contributed by atoms with Crippen molar-refractivity contribution in [1.82, 2.24) is 4.90 Å². The molecule has 0 aromatic heterocycles. The van der Waals surface area contributed by atoms with E-state index in [9.17, 15) is 9.59 Å². The first kappa shape index (κ1) is 19.3. The zero-order chi connectivity index (χ0) is 21.5. The molecule has 4 bridgehead atoms. The van der Waals surface area contributed by atoms with Gasteiger partial charge in [-0.25, -0.2) is 0 Å². The lowest BCUT2D eigenvalue weighted by Gasteiger charge is -2.66. The third-order valence-electron chi connectivity index (χ3n) is 9.03. The van der Waals surface area contributed by atoms with Crippen molar-refractivity contribution in [1.29, 1.82) is 0 Å². The molecule has 4 saturated carbocycles. The molecule has 2 aromatic rings. The molecule has 1 heterocycles. The average Bonchev–Trinajstić information content (AvgIpc) is 2.76. The summed E-state index contributed by atoms with van der Waals surface area (Å²) in [5.41, 5.74) is 0.554. The molecule has 4 heteroatoms. The molecule has 3 unspecified atom stereocenters. The topological polar surface area (TPSA) is 46.6 Å². The Labute approximate surface area is 183 Å². The monoisotopic (exact) mass is 417 g/mol. The van der Waals surface area contributed by atoms with Crippen LogP contribution in [0.5, 0.6) is 0 Å². The molecule has 0 spiro atoms. The largest absolute Gasteiger partial charge is 0.469 e. The predicted molar refractivity (Wildman–Crippen MR) is 119 cm³/mol. The Morgan fingerprint density at radius 2 is 1.68 bits per heavy atom. The summed E-state index contributed by atoms with van der Waals surface area (Å²) in [7, 11) is 1.52. The fourth-order valence-corrected chi connectivity index (χ4v) is 8.10. The molecule has 1 saturated heterocycles. The van der Waals surface area contributed by atoms with Crippen molar-refractivity contribution < 1.29 is 14.3 Å². The number of fused-ring (bicyclic) bond motifs is 1. The maximum Gasteiger partial charge on any atom is 0.311 e. The molecule has 4 nitrogen and oxygen atoms in total. The second kappa shape index (κ2) is 6.34. The standard InChI is InChI=1S/C27H31NO3/c1-26(2)23(21-10-6-8-17-7-4-5-9-20(17)21)28(24(26)29)22-18-11-16-12-19(22)15-27(13-16,14-18)25(30)31-3/h4-10,16,18-19,22-23H,11-15H2,1-3H3/t16?,18-,19?,22-,23?,27-/m0/s1. The summed E-state index contributed by atoms with van der Waals surface area (Å²) >= 11 is 0. The lowest BCUT2D eigenvalue weighted by atomic mass is 9.47. The van der Waals surface area contributed by atoms with E-state index >= 15 is 0 Å². The highest BCUT2D eigenvalue weighted by Gasteiger charge is 2.65. The van der Waals surface area contributed by atoms with Crippen LogP contribution >= 0.6 is 0 Å². The highest BCUT2D eigenvalue weighted by atomic mass is 16.5. The van der Waals surface area contributed by atoms with Gasteiger partial charge in [-0.05, 0) is 80.0 Å². The van der Waals surface area contributed by atoms with Crippen molar-refractivity contribution >= 4 is 22.6 Å². The Morgan fingerprint density at radius 3 is 2.39 bits per heavy atom. The molecule has 0 radical (unpaired) electrons. The Kier molecular flexibility index (Phi) is 3.95. The molecule has 1 amide bonds. The quantitative estimate of drug-likeness (QED) is 0.515. The highest BCUT2D eigenvalue weighted by Crippen LogP contribution is 2.65. The van der Waals surface area contributed by atoms with Crippen LogP contribution in [-0.2, 0) is 14.3 Å². The second-order valence-corrected chi connectivity index (χ2v) is 11.1. The van der Waals surface area contributed by atoms with Crippen molar-refractivity contribution in [3.63, 3.8) is 0 Å². The molecule has 5 fully saturated rings. The predicted octanol–water partition coefficient (Wildman–Crippen LogP) is 5.12. The number of rotatable bonds is 3. The van der Waals surface area contributed by atoms with Gasteiger partial charge in [-0.2, -0.15) is 0 Å². The molecule has 0 N–H and O–H groups in total. The van der Waals surface area contributed by atoms with E-state index in [-0.39, 0.29) is 29.4 Å². The first-order chi connectivity index (χ1) is 14.9. The maximum absolute atomic E-state index is 13.5. The number of carbonyl (C=O) groups is 2. The normalized spacial score (nSPS) is 37.7. The zero-order valence-corrected chi connectivity index (χ0v) is 18.6. The number of nitrogens with zero attached hydrogens (tertiary/aromatic N) is 1. The number of methoxy groups -OCH3 is 1. The first-order valence-electron chi connectivity index (χ1n) is 11.7. The Hall–Kier alpha value is -2.36. The van der Waals surface area contributed by atoms with Crippen LogP contribution in [0.15, 0.2) is 42.5 Å². The minimum Gasteiger partial charge on any atom is -0.469 e. The molecule has 31 heavy (non-hydrogen) atoms. The average molecular weight is 418 g/mol. The summed E-state index contributed by atoms with van der Waals surface area (Å²) in [6, 6.07) is 15.3. The van der Waals surface area contributed by atoms with Crippen LogP contribution < -0.4 is 0 Å². The van der Waals surface area contributed by atoms with Gasteiger partial charge in [-0.15, -0.1) is 0 Å². The number of carbonyl (C=O) groups excluding carboxylic acids is 2. The molecule has 6 atom stereocenters. The van der Waals surface area contributed by atoms with Gasteiger partial charge >= 0.3 is 5.97 Å². The van der Waals surface area contributed by atoms with Gasteiger partial charge in [0.25, 0.3) is 0 Å². The van der Waals surface area contributed by atoms with E-state index in [1.54, 1.807) is 0 Å². The summed E-state index contributed by atoms with van der Waals surface area (Å²) in [5.74, 6) is 1.67. The van der Waals surface area contributed by atoms with Gasteiger partial charge in [-0.3, -0.25) is 9.59 Å². The molecule has 162 valence electrons. The number of ether oxygens (including phenoxy) is 1. The van der Waals surface area contributed by atoms with Crippen LogP contribution in [0.4, 0.5) is 0 Å². The van der Waals surface area contributed by atoms with Crippen LogP contribution in [0.1, 0.15) is 57.6 Å². The minimum absolute atomic E-state index is 0.0220. The van der Waals surface area contributed by atoms with E-state index in [1.807, 2.05) is 0 Å². The van der Waals surface area contributed by atoms with Crippen molar-refractivity contribution in [2.24, 2.45) is 28.6 Å². The summed E-state index contributed by atoms with van der Waals surface area (Å²) in [4.78, 5) is 28.5. The van der Waals surface area contributed by atoms with Crippen LogP contribution in [0.25, 0.3) is 10.8 Å². The summed E-state index contributed by atoms with van der Waals surface area (Å²) in [6.07, 6.45) is 5.03. The molecular weight excluding hydrogens is 386 g/mol. The summed E-state index contributed by atoms with van der Waals surface area (Å²) < 4.78 is 5.24. The number of amides is 1. The van der Waals surface area contributed by atoms with E-state index in [0.717, 1.165) is 32.1 Å². The first-order valence-corrected chi connectivity index (χ1v) is 11.7. The molecule has 7 rings (SSSR count). The fourth-order valence-electron chi connectivity index (χ4n) is 8.10. The van der Waals surface area contributed by atoms with E-state index < -0.39 is 5.41 Å². The molecule has 5 aliphatic rings. The SMILES string of the molecule is COC(=O)[C@]12CC3CC(C1)[C@@H](N1C(=O)C(C)(C)C1c1cccc4ccccc14)[C@@H](C3)C2. The number of benzene rings is 2. The number of β-lactam (4-membered cyclic amide) rings is 1. The van der Waals surface area contributed by atoms with Crippen molar-refractivity contribution in [2.75, 3.05) is 7.11 Å². The van der Waals surface area contributed by atoms with Crippen LogP contribution in [0.2, 0.25) is 0 Å². The highest BCUT2D eigenvalue weighted by molar-refractivity contribution is 5.94. The zero-order valence-electron chi connectivity index (χ0n) is 18.6. The summed E-state index contributed by atoms with van der Waals surface area (Å²) in [5, 5.41) is 2.47. The number of likely N-dealkylation sites (tertiary alicyclic amines) is 1. The van der Waals surface area contributed by atoms with Crippen molar-refractivity contribution in [3.05, 3.63) is 48.0 Å². The molecular formula is C27H31NO3. The number of hydrogen-bond acceptors (Lipinski definition) is 3. The van der Waals surface area contributed by atoms with Crippen LogP contribution in [0, 0.1) is 28.6 Å². The van der Waals surface area contributed by atoms with E-state index in [1.165, 1.54) is 23.4 Å². The third kappa shape index (κ3) is 2.48. The van der Waals surface area contributed by atoms with Gasteiger partial charge in [-0.1, -0.05) is 42.5 Å². The van der Waals surface area contributed by atoms with Gasteiger partial charge in [0.05, 0.1) is 24.0 Å². The fraction of sp³-hybridized carbons (Fsp3) is 0.556. The lowest BCUT2D eigenvalue weighted by molar-refractivity contribution is -0.203. The van der Waals surface area contributed by atoms with Crippen molar-refractivity contribution in [2.45, 2.75) is 58.0 Å². The Morgan fingerprint density at radius 1 is 1.00 bits per heavy atom. The van der Waals surface area contributed by atoms with Gasteiger partial charge < -0.3 is 9.64 Å². The molecule has 2 aromatic carbocycles. The van der Waals surface area contributed by atoms with Gasteiger partial charge in [0.15, 0.2) is 0 Å². The number of hydrogen-bond donors (Lipinski definition) is 0. The third-order valence-corrected chi connectivity index (χ3v) is 9.03. The number of esters is 1. The van der Waals surface area contributed by atoms with Crippen molar-refractivity contribution in [3.8, 4) is 0 Å². The van der Waals surface area contributed by atoms with Gasteiger partial charge in [0, 0.05) is 6.04 Å². The van der Waals surface area contributed by atoms with Gasteiger partial charge in [0.1, 0.15) is 0 Å². The van der Waals surface area contributed by atoms with Crippen LogP contribution in [-0.4, -0.2) is 29.9 Å². The summed E-state index contributed by atoms with van der Waals surface area (Å²) in [6.45, 7) is 4.20. The minimum atomic E-state index is -0.404. The molecule has 4 aliphatic carbocycles. The lowest BCUT2D eigenvalue weighted by Crippen LogP contribution is -2.70. The Balaban J connectivity index is 1.41. The Bertz CT molecular complexity index is 1070.